The molecule has 8 nitrogen and oxygen atoms in total. The SMILES string of the molecule is Cn1cc(S(=O)(=O)Nc2nc3ccccc3nc2Nc2ccccc2C(F)(F)F)cn1. The molecule has 0 atom stereocenters. The fourth-order valence-electron chi connectivity index (χ4n) is 2.85. The van der Waals surface area contributed by atoms with Gasteiger partial charge in [0, 0.05) is 13.2 Å². The zero-order valence-corrected chi connectivity index (χ0v) is 16.7. The number of nitrogens with zero attached hydrogens (tertiary/aromatic N) is 4. The van der Waals surface area contributed by atoms with Crippen LogP contribution in [0.2, 0.25) is 0 Å². The van der Waals surface area contributed by atoms with Gasteiger partial charge in [-0.2, -0.15) is 18.3 Å². The summed E-state index contributed by atoms with van der Waals surface area (Å²) in [5, 5.41) is 6.40. The summed E-state index contributed by atoms with van der Waals surface area (Å²) in [5.41, 5.74) is -0.479. The van der Waals surface area contributed by atoms with E-state index in [0.717, 1.165) is 12.3 Å². The summed E-state index contributed by atoms with van der Waals surface area (Å²) in [6.45, 7) is 0. The number of para-hydroxylation sites is 3. The lowest BCUT2D eigenvalue weighted by molar-refractivity contribution is -0.136. The summed E-state index contributed by atoms with van der Waals surface area (Å²) in [5.74, 6) is -0.428. The van der Waals surface area contributed by atoms with Crippen molar-refractivity contribution in [2.75, 3.05) is 10.0 Å². The highest BCUT2D eigenvalue weighted by Crippen LogP contribution is 2.37. The van der Waals surface area contributed by atoms with Crippen LogP contribution in [0, 0.1) is 0 Å². The molecule has 4 rings (SSSR count). The molecule has 12 heteroatoms. The minimum absolute atomic E-state index is 0.133. The zero-order valence-electron chi connectivity index (χ0n) is 15.9. The van der Waals surface area contributed by atoms with Gasteiger partial charge in [-0.3, -0.25) is 9.40 Å². The lowest BCUT2D eigenvalue weighted by Gasteiger charge is -2.16. The summed E-state index contributed by atoms with van der Waals surface area (Å²) < 4.78 is 69.3. The van der Waals surface area contributed by atoms with Gasteiger partial charge in [0.1, 0.15) is 4.90 Å². The van der Waals surface area contributed by atoms with E-state index in [-0.39, 0.29) is 22.2 Å². The summed E-state index contributed by atoms with van der Waals surface area (Å²) in [4.78, 5) is 8.41. The van der Waals surface area contributed by atoms with Crippen LogP contribution in [0.3, 0.4) is 0 Å². The Balaban J connectivity index is 1.82. The summed E-state index contributed by atoms with van der Waals surface area (Å²) >= 11 is 0. The van der Waals surface area contributed by atoms with E-state index >= 15 is 0 Å². The van der Waals surface area contributed by atoms with Crippen LogP contribution >= 0.6 is 0 Å². The third kappa shape index (κ3) is 4.28. The number of alkyl halides is 3. The molecule has 2 N–H and O–H groups in total. The molecule has 160 valence electrons. The van der Waals surface area contributed by atoms with Gasteiger partial charge in [0.25, 0.3) is 10.0 Å². The van der Waals surface area contributed by atoms with E-state index in [1.54, 1.807) is 31.3 Å². The van der Waals surface area contributed by atoms with E-state index in [9.17, 15) is 21.6 Å². The number of hydrogen-bond acceptors (Lipinski definition) is 6. The summed E-state index contributed by atoms with van der Waals surface area (Å²) in [7, 11) is -2.56. The molecule has 0 aliphatic rings. The van der Waals surface area contributed by atoms with Gasteiger partial charge < -0.3 is 5.32 Å². The molecule has 0 amide bonds. The molecule has 0 saturated carbocycles. The molecule has 0 bridgehead atoms. The van der Waals surface area contributed by atoms with Gasteiger partial charge in [-0.05, 0) is 24.3 Å². The highest BCUT2D eigenvalue weighted by molar-refractivity contribution is 7.92. The number of hydrogen-bond donors (Lipinski definition) is 2. The highest BCUT2D eigenvalue weighted by Gasteiger charge is 2.33. The van der Waals surface area contributed by atoms with Crippen LogP contribution in [-0.2, 0) is 23.2 Å². The normalized spacial score (nSPS) is 12.1. The van der Waals surface area contributed by atoms with E-state index in [4.69, 9.17) is 0 Å². The average molecular weight is 448 g/mol. The molecule has 31 heavy (non-hydrogen) atoms. The van der Waals surface area contributed by atoms with E-state index in [2.05, 4.69) is 25.1 Å². The maximum absolute atomic E-state index is 13.4. The first-order valence-corrected chi connectivity index (χ1v) is 10.3. The number of rotatable bonds is 5. The van der Waals surface area contributed by atoms with Gasteiger partial charge >= 0.3 is 6.18 Å². The molecule has 0 radical (unpaired) electrons. The Morgan fingerprint density at radius 3 is 2.16 bits per heavy atom. The first-order valence-electron chi connectivity index (χ1n) is 8.85. The molecule has 2 heterocycles. The Morgan fingerprint density at radius 2 is 1.55 bits per heavy atom. The Labute approximate surface area is 174 Å². The number of halogens is 3. The predicted octanol–water partition coefficient (Wildman–Crippen LogP) is 3.93. The molecule has 2 aromatic carbocycles. The second kappa shape index (κ2) is 7.54. The Bertz CT molecular complexity index is 1370. The molecule has 0 aliphatic heterocycles. The molecule has 0 aliphatic carbocycles. The standard InChI is InChI=1S/C19H15F3N6O2S/c1-28-11-12(10-23-28)31(29,30)27-18-17(25-15-8-4-5-9-16(15)26-18)24-14-7-3-2-6-13(14)19(20,21)22/h2-11H,1H3,(H,24,25)(H,26,27). The molecular formula is C19H15F3N6O2S. The number of aryl methyl sites for hydroxylation is 1. The van der Waals surface area contributed by atoms with Crippen LogP contribution in [0.15, 0.2) is 65.8 Å². The van der Waals surface area contributed by atoms with Crippen molar-refractivity contribution in [3.63, 3.8) is 0 Å². The predicted molar refractivity (Wildman–Crippen MR) is 108 cm³/mol. The maximum Gasteiger partial charge on any atom is 0.418 e. The third-order valence-electron chi connectivity index (χ3n) is 4.28. The first kappa shape index (κ1) is 20.6. The third-order valence-corrected chi connectivity index (χ3v) is 5.57. The van der Waals surface area contributed by atoms with Crippen molar-refractivity contribution >= 4 is 38.4 Å². The van der Waals surface area contributed by atoms with Crippen molar-refractivity contribution in [3.05, 3.63) is 66.5 Å². The van der Waals surface area contributed by atoms with Crippen LogP contribution in [0.25, 0.3) is 11.0 Å². The number of aromatic nitrogens is 4. The van der Waals surface area contributed by atoms with Crippen molar-refractivity contribution in [1.29, 1.82) is 0 Å². The first-order chi connectivity index (χ1) is 14.6. The smallest absolute Gasteiger partial charge is 0.337 e. The van der Waals surface area contributed by atoms with Crippen LogP contribution < -0.4 is 10.0 Å². The topological polar surface area (TPSA) is 102 Å². The fourth-order valence-corrected chi connectivity index (χ4v) is 3.84. The van der Waals surface area contributed by atoms with Gasteiger partial charge in [-0.1, -0.05) is 24.3 Å². The second-order valence-electron chi connectivity index (χ2n) is 6.53. The number of anilines is 3. The van der Waals surface area contributed by atoms with Gasteiger partial charge in [0.2, 0.25) is 0 Å². The van der Waals surface area contributed by atoms with Crippen molar-refractivity contribution in [2.45, 2.75) is 11.1 Å². The Hall–Kier alpha value is -3.67. The monoisotopic (exact) mass is 448 g/mol. The summed E-state index contributed by atoms with van der Waals surface area (Å²) in [6, 6.07) is 11.4. The van der Waals surface area contributed by atoms with Crippen LogP contribution in [0.5, 0.6) is 0 Å². The number of benzene rings is 2. The summed E-state index contributed by atoms with van der Waals surface area (Å²) in [6.07, 6.45) is -2.20. The van der Waals surface area contributed by atoms with Gasteiger partial charge in [0.05, 0.1) is 28.5 Å². The van der Waals surface area contributed by atoms with Crippen molar-refractivity contribution in [2.24, 2.45) is 7.05 Å². The average Bonchev–Trinajstić information content (AvgIpc) is 3.15. The molecule has 0 spiro atoms. The Morgan fingerprint density at radius 1 is 0.935 bits per heavy atom. The van der Waals surface area contributed by atoms with Crippen molar-refractivity contribution < 1.29 is 21.6 Å². The minimum atomic E-state index is -4.62. The van der Waals surface area contributed by atoms with Gasteiger partial charge in [-0.25, -0.2) is 18.4 Å². The van der Waals surface area contributed by atoms with Crippen LogP contribution in [0.4, 0.5) is 30.5 Å². The molecule has 0 unspecified atom stereocenters. The lowest BCUT2D eigenvalue weighted by atomic mass is 10.1. The quantitative estimate of drug-likeness (QED) is 0.480. The van der Waals surface area contributed by atoms with Gasteiger partial charge in [0.15, 0.2) is 11.6 Å². The van der Waals surface area contributed by atoms with Crippen LogP contribution in [-0.4, -0.2) is 28.2 Å². The fraction of sp³-hybridized carbons (Fsp3) is 0.105. The maximum atomic E-state index is 13.4. The van der Waals surface area contributed by atoms with Crippen molar-refractivity contribution in [1.82, 2.24) is 19.7 Å². The van der Waals surface area contributed by atoms with E-state index in [1.807, 2.05) is 0 Å². The number of nitrogens with one attached hydrogen (secondary N) is 2. The van der Waals surface area contributed by atoms with Gasteiger partial charge in [-0.15, -0.1) is 0 Å². The number of fused-ring (bicyclic) bond motifs is 1. The minimum Gasteiger partial charge on any atom is -0.337 e. The molecule has 0 fully saturated rings. The molecular weight excluding hydrogens is 433 g/mol. The largest absolute Gasteiger partial charge is 0.418 e. The van der Waals surface area contributed by atoms with Crippen molar-refractivity contribution in [3.8, 4) is 0 Å². The number of sulfonamides is 1. The molecule has 4 aromatic rings. The second-order valence-corrected chi connectivity index (χ2v) is 8.22. The molecule has 0 saturated heterocycles. The van der Waals surface area contributed by atoms with E-state index in [0.29, 0.717) is 11.0 Å². The lowest BCUT2D eigenvalue weighted by Crippen LogP contribution is -2.16. The highest BCUT2D eigenvalue weighted by atomic mass is 32.2. The van der Waals surface area contributed by atoms with Crippen LogP contribution in [0.1, 0.15) is 5.56 Å². The van der Waals surface area contributed by atoms with E-state index in [1.165, 1.54) is 29.1 Å². The van der Waals surface area contributed by atoms with E-state index < -0.39 is 21.8 Å². The Kier molecular flexibility index (Phi) is 5.01. The molecule has 2 aromatic heterocycles. The zero-order chi connectivity index (χ0) is 22.2.